The molecule has 1 atom stereocenters. The minimum absolute atomic E-state index is 0.000377. The van der Waals surface area contributed by atoms with Crippen molar-refractivity contribution in [2.45, 2.75) is 26.0 Å². The number of amides is 1. The summed E-state index contributed by atoms with van der Waals surface area (Å²) in [6, 6.07) is 3.46. The molecule has 1 saturated heterocycles. The van der Waals surface area contributed by atoms with E-state index in [1.165, 1.54) is 0 Å². The van der Waals surface area contributed by atoms with Crippen LogP contribution in [-0.4, -0.2) is 35.3 Å². The SMILES string of the molecule is CC[C@H]1COCC(=O)N1c1cc(CO)cc(Br)n1. The molecule has 18 heavy (non-hydrogen) atoms. The molecule has 1 aliphatic rings. The Morgan fingerprint density at radius 3 is 3.06 bits per heavy atom. The van der Waals surface area contributed by atoms with E-state index < -0.39 is 0 Å². The van der Waals surface area contributed by atoms with Gasteiger partial charge < -0.3 is 9.84 Å². The van der Waals surface area contributed by atoms with E-state index in [4.69, 9.17) is 4.74 Å². The summed E-state index contributed by atoms with van der Waals surface area (Å²) in [6.45, 7) is 2.53. The third-order valence-electron chi connectivity index (χ3n) is 2.91. The number of anilines is 1. The van der Waals surface area contributed by atoms with Crippen molar-refractivity contribution in [3.63, 3.8) is 0 Å². The predicted octanol–water partition coefficient (Wildman–Crippen LogP) is 1.48. The number of aliphatic hydroxyl groups excluding tert-OH is 1. The lowest BCUT2D eigenvalue weighted by atomic mass is 10.1. The van der Waals surface area contributed by atoms with Gasteiger partial charge in [-0.2, -0.15) is 0 Å². The summed E-state index contributed by atoms with van der Waals surface area (Å²) in [5, 5.41) is 9.20. The summed E-state index contributed by atoms with van der Waals surface area (Å²) < 4.78 is 5.85. The summed E-state index contributed by atoms with van der Waals surface area (Å²) in [6.07, 6.45) is 0.800. The van der Waals surface area contributed by atoms with Crippen LogP contribution in [-0.2, 0) is 16.1 Å². The van der Waals surface area contributed by atoms with E-state index in [2.05, 4.69) is 20.9 Å². The lowest BCUT2D eigenvalue weighted by molar-refractivity contribution is -0.127. The number of rotatable bonds is 3. The topological polar surface area (TPSA) is 62.7 Å². The molecule has 0 aliphatic carbocycles. The number of pyridine rings is 1. The van der Waals surface area contributed by atoms with Gasteiger partial charge in [-0.1, -0.05) is 6.92 Å². The number of halogens is 1. The molecule has 0 bridgehead atoms. The van der Waals surface area contributed by atoms with E-state index in [0.29, 0.717) is 17.0 Å². The molecule has 5 nitrogen and oxygen atoms in total. The van der Waals surface area contributed by atoms with Crippen LogP contribution in [0.25, 0.3) is 0 Å². The minimum Gasteiger partial charge on any atom is -0.392 e. The molecule has 0 saturated carbocycles. The van der Waals surface area contributed by atoms with Crippen molar-refractivity contribution in [1.82, 2.24) is 4.98 Å². The van der Waals surface area contributed by atoms with Crippen LogP contribution in [0.2, 0.25) is 0 Å². The standard InChI is InChI=1S/C12H15BrN2O3/c1-2-9-6-18-7-12(17)15(9)11-4-8(5-16)3-10(13)14-11/h3-4,9,16H,2,5-7H2,1H3/t9-/m0/s1. The average Bonchev–Trinajstić information content (AvgIpc) is 2.37. The smallest absolute Gasteiger partial charge is 0.254 e. The lowest BCUT2D eigenvalue weighted by Gasteiger charge is -2.34. The van der Waals surface area contributed by atoms with Gasteiger partial charge in [-0.05, 0) is 40.0 Å². The highest BCUT2D eigenvalue weighted by Crippen LogP contribution is 2.24. The molecule has 0 spiro atoms. The van der Waals surface area contributed by atoms with Gasteiger partial charge in [-0.3, -0.25) is 9.69 Å². The first kappa shape index (κ1) is 13.5. The third kappa shape index (κ3) is 2.71. The molecule has 1 fully saturated rings. The van der Waals surface area contributed by atoms with Crippen LogP contribution in [0.3, 0.4) is 0 Å². The first-order chi connectivity index (χ1) is 8.65. The quantitative estimate of drug-likeness (QED) is 0.858. The summed E-state index contributed by atoms with van der Waals surface area (Å²) in [7, 11) is 0. The molecule has 2 rings (SSSR count). The maximum Gasteiger partial charge on any atom is 0.254 e. The van der Waals surface area contributed by atoms with Crippen molar-refractivity contribution in [2.75, 3.05) is 18.1 Å². The second-order valence-electron chi connectivity index (χ2n) is 4.16. The zero-order chi connectivity index (χ0) is 13.1. The van der Waals surface area contributed by atoms with E-state index in [9.17, 15) is 9.90 Å². The van der Waals surface area contributed by atoms with Gasteiger partial charge in [0.15, 0.2) is 0 Å². The number of morpholine rings is 1. The van der Waals surface area contributed by atoms with Crippen LogP contribution in [0.4, 0.5) is 5.82 Å². The Kier molecular flexibility index (Phi) is 4.31. The molecule has 0 aromatic carbocycles. The number of nitrogens with zero attached hydrogens (tertiary/aromatic N) is 2. The normalized spacial score (nSPS) is 20.3. The molecule has 1 aromatic heterocycles. The molecule has 1 aliphatic heterocycles. The highest BCUT2D eigenvalue weighted by atomic mass is 79.9. The summed E-state index contributed by atoms with van der Waals surface area (Å²) in [4.78, 5) is 17.9. The fourth-order valence-electron chi connectivity index (χ4n) is 1.99. The van der Waals surface area contributed by atoms with E-state index in [0.717, 1.165) is 12.0 Å². The van der Waals surface area contributed by atoms with Gasteiger partial charge in [0.2, 0.25) is 0 Å². The van der Waals surface area contributed by atoms with Crippen molar-refractivity contribution in [2.24, 2.45) is 0 Å². The Bertz CT molecular complexity index is 453. The Morgan fingerprint density at radius 1 is 1.61 bits per heavy atom. The Balaban J connectivity index is 2.38. The molecule has 6 heteroatoms. The van der Waals surface area contributed by atoms with Gasteiger partial charge in [0.1, 0.15) is 17.0 Å². The maximum absolute atomic E-state index is 12.0. The van der Waals surface area contributed by atoms with E-state index >= 15 is 0 Å². The third-order valence-corrected chi connectivity index (χ3v) is 3.32. The highest BCUT2D eigenvalue weighted by molar-refractivity contribution is 9.10. The van der Waals surface area contributed by atoms with Gasteiger partial charge >= 0.3 is 0 Å². The van der Waals surface area contributed by atoms with Crippen molar-refractivity contribution in [3.8, 4) is 0 Å². The van der Waals surface area contributed by atoms with Crippen LogP contribution in [0.5, 0.6) is 0 Å². The second-order valence-corrected chi connectivity index (χ2v) is 4.97. The Labute approximate surface area is 114 Å². The van der Waals surface area contributed by atoms with Crippen molar-refractivity contribution < 1.29 is 14.6 Å². The number of aromatic nitrogens is 1. The van der Waals surface area contributed by atoms with Crippen LogP contribution in [0, 0.1) is 0 Å². The largest absolute Gasteiger partial charge is 0.392 e. The molecule has 2 heterocycles. The monoisotopic (exact) mass is 314 g/mol. The molecule has 1 N–H and O–H groups in total. The summed E-state index contributed by atoms with van der Waals surface area (Å²) >= 11 is 3.29. The van der Waals surface area contributed by atoms with Gasteiger partial charge in [0.25, 0.3) is 5.91 Å². The first-order valence-corrected chi connectivity index (χ1v) is 6.62. The molecular formula is C12H15BrN2O3. The van der Waals surface area contributed by atoms with E-state index in [1.54, 1.807) is 17.0 Å². The number of carbonyl (C=O) groups is 1. The van der Waals surface area contributed by atoms with Gasteiger partial charge in [-0.15, -0.1) is 0 Å². The second kappa shape index (κ2) is 5.77. The molecule has 98 valence electrons. The highest BCUT2D eigenvalue weighted by Gasteiger charge is 2.30. The lowest BCUT2D eigenvalue weighted by Crippen LogP contribution is -2.49. The van der Waals surface area contributed by atoms with Gasteiger partial charge in [0.05, 0.1) is 19.3 Å². The number of carbonyl (C=O) groups excluding carboxylic acids is 1. The van der Waals surface area contributed by atoms with Crippen molar-refractivity contribution >= 4 is 27.7 Å². The summed E-state index contributed by atoms with van der Waals surface area (Å²) in [5.74, 6) is 0.469. The van der Waals surface area contributed by atoms with E-state index in [-0.39, 0.29) is 25.2 Å². The van der Waals surface area contributed by atoms with Crippen LogP contribution in [0.1, 0.15) is 18.9 Å². The van der Waals surface area contributed by atoms with E-state index in [1.807, 2.05) is 6.92 Å². The predicted molar refractivity (Wildman–Crippen MR) is 70.2 cm³/mol. The fraction of sp³-hybridized carbons (Fsp3) is 0.500. The van der Waals surface area contributed by atoms with Gasteiger partial charge in [0, 0.05) is 0 Å². The summed E-state index contributed by atoms with van der Waals surface area (Å²) in [5.41, 5.74) is 0.723. The first-order valence-electron chi connectivity index (χ1n) is 5.82. The zero-order valence-electron chi connectivity index (χ0n) is 10.1. The number of ether oxygens (including phenoxy) is 1. The molecular weight excluding hydrogens is 300 g/mol. The Morgan fingerprint density at radius 2 is 2.39 bits per heavy atom. The van der Waals surface area contributed by atoms with Crippen LogP contribution >= 0.6 is 15.9 Å². The number of hydrogen-bond donors (Lipinski definition) is 1. The maximum atomic E-state index is 12.0. The molecule has 1 amide bonds. The van der Waals surface area contributed by atoms with Gasteiger partial charge in [-0.25, -0.2) is 4.98 Å². The van der Waals surface area contributed by atoms with Crippen LogP contribution < -0.4 is 4.90 Å². The molecule has 0 unspecified atom stereocenters. The average molecular weight is 315 g/mol. The fourth-order valence-corrected chi connectivity index (χ4v) is 2.47. The van der Waals surface area contributed by atoms with Crippen molar-refractivity contribution in [3.05, 3.63) is 22.3 Å². The minimum atomic E-state index is -0.0948. The van der Waals surface area contributed by atoms with Crippen LogP contribution in [0.15, 0.2) is 16.7 Å². The number of aliphatic hydroxyl groups is 1. The van der Waals surface area contributed by atoms with Crippen molar-refractivity contribution in [1.29, 1.82) is 0 Å². The zero-order valence-corrected chi connectivity index (χ0v) is 11.7. The number of hydrogen-bond acceptors (Lipinski definition) is 4. The molecule has 0 radical (unpaired) electrons. The Hall–Kier alpha value is -0.980. The molecule has 1 aromatic rings.